The van der Waals surface area contributed by atoms with Crippen molar-refractivity contribution in [1.82, 2.24) is 15.2 Å². The Bertz CT molecular complexity index is 447. The van der Waals surface area contributed by atoms with Crippen molar-refractivity contribution in [3.63, 3.8) is 0 Å². The van der Waals surface area contributed by atoms with Crippen LogP contribution in [0.1, 0.15) is 44.1 Å². The molecular formula is C18H27N3. The van der Waals surface area contributed by atoms with Gasteiger partial charge in [-0.15, -0.1) is 0 Å². The number of nitrogens with zero attached hydrogens (tertiary/aromatic N) is 2. The third-order valence-corrected chi connectivity index (χ3v) is 4.76. The first-order chi connectivity index (χ1) is 10.4. The molecular weight excluding hydrogens is 258 g/mol. The Hall–Kier alpha value is -1.19. The van der Waals surface area contributed by atoms with Gasteiger partial charge < -0.3 is 5.32 Å². The van der Waals surface area contributed by atoms with E-state index in [1.54, 1.807) is 5.57 Å². The van der Waals surface area contributed by atoms with E-state index in [1.807, 2.05) is 12.4 Å². The highest BCUT2D eigenvalue weighted by Gasteiger charge is 2.18. The number of likely N-dealkylation sites (tertiary alicyclic amines) is 1. The van der Waals surface area contributed by atoms with E-state index in [0.29, 0.717) is 0 Å². The molecule has 0 atom stereocenters. The second-order valence-electron chi connectivity index (χ2n) is 6.36. The molecule has 0 bridgehead atoms. The molecule has 1 N–H and O–H groups in total. The molecule has 1 saturated heterocycles. The fourth-order valence-corrected chi connectivity index (χ4v) is 3.44. The largest absolute Gasteiger partial charge is 0.314 e. The molecule has 3 rings (SSSR count). The fraction of sp³-hybridized carbons (Fsp3) is 0.611. The number of piperidine rings is 1. The monoisotopic (exact) mass is 285 g/mol. The summed E-state index contributed by atoms with van der Waals surface area (Å²) < 4.78 is 0. The third-order valence-electron chi connectivity index (χ3n) is 4.76. The van der Waals surface area contributed by atoms with Crippen molar-refractivity contribution in [2.75, 3.05) is 19.6 Å². The van der Waals surface area contributed by atoms with Crippen molar-refractivity contribution >= 4 is 0 Å². The molecule has 1 fully saturated rings. The van der Waals surface area contributed by atoms with Gasteiger partial charge in [-0.1, -0.05) is 11.6 Å². The molecule has 1 aliphatic carbocycles. The van der Waals surface area contributed by atoms with E-state index in [9.17, 15) is 0 Å². The Morgan fingerprint density at radius 3 is 2.71 bits per heavy atom. The summed E-state index contributed by atoms with van der Waals surface area (Å²) >= 11 is 0. The van der Waals surface area contributed by atoms with Gasteiger partial charge in [0, 0.05) is 25.0 Å². The first-order valence-electron chi connectivity index (χ1n) is 8.43. The number of rotatable bonds is 6. The zero-order valence-electron chi connectivity index (χ0n) is 12.9. The molecule has 1 aromatic heterocycles. The lowest BCUT2D eigenvalue weighted by molar-refractivity contribution is 0.191. The van der Waals surface area contributed by atoms with E-state index < -0.39 is 0 Å². The lowest BCUT2D eigenvalue weighted by Gasteiger charge is -2.32. The normalized spacial score (nSPS) is 20.7. The zero-order chi connectivity index (χ0) is 14.3. The van der Waals surface area contributed by atoms with Crippen LogP contribution in [0.2, 0.25) is 0 Å². The summed E-state index contributed by atoms with van der Waals surface area (Å²) in [5.41, 5.74) is 3.06. The fourth-order valence-electron chi connectivity index (χ4n) is 3.44. The lowest BCUT2D eigenvalue weighted by atomic mass is 10.0. The van der Waals surface area contributed by atoms with Gasteiger partial charge >= 0.3 is 0 Å². The van der Waals surface area contributed by atoms with Crippen molar-refractivity contribution in [3.8, 4) is 0 Å². The maximum atomic E-state index is 4.08. The lowest BCUT2D eigenvalue weighted by Crippen LogP contribution is -2.42. The molecule has 2 heterocycles. The molecule has 3 heteroatoms. The Balaban J connectivity index is 1.33. The summed E-state index contributed by atoms with van der Waals surface area (Å²) in [4.78, 5) is 6.65. The van der Waals surface area contributed by atoms with Crippen molar-refractivity contribution in [3.05, 3.63) is 41.7 Å². The average molecular weight is 285 g/mol. The highest BCUT2D eigenvalue weighted by molar-refractivity contribution is 5.09. The topological polar surface area (TPSA) is 28.2 Å². The summed E-state index contributed by atoms with van der Waals surface area (Å²) in [6, 6.07) is 4.97. The molecule has 2 aliphatic rings. The minimum Gasteiger partial charge on any atom is -0.314 e. The molecule has 0 aromatic carbocycles. The first kappa shape index (κ1) is 14.7. The number of hydrogen-bond acceptors (Lipinski definition) is 3. The number of pyridine rings is 1. The second-order valence-corrected chi connectivity index (χ2v) is 6.36. The quantitative estimate of drug-likeness (QED) is 0.814. The number of hydrogen-bond donors (Lipinski definition) is 1. The Morgan fingerprint density at radius 2 is 2.00 bits per heavy atom. The number of allylic oxidation sites excluding steroid dienone is 1. The minimum atomic E-state index is 0.723. The van der Waals surface area contributed by atoms with Gasteiger partial charge in [0.25, 0.3) is 0 Å². The maximum Gasteiger partial charge on any atom is 0.0271 e. The highest BCUT2D eigenvalue weighted by atomic mass is 15.1. The predicted octanol–water partition coefficient (Wildman–Crippen LogP) is 3.14. The third kappa shape index (κ3) is 4.65. The van der Waals surface area contributed by atoms with Crippen molar-refractivity contribution in [1.29, 1.82) is 0 Å². The summed E-state index contributed by atoms with van der Waals surface area (Å²) in [6.07, 6.45) is 14.1. The van der Waals surface area contributed by atoms with Crippen LogP contribution in [-0.2, 0) is 6.54 Å². The van der Waals surface area contributed by atoms with Gasteiger partial charge in [0.05, 0.1) is 0 Å². The smallest absolute Gasteiger partial charge is 0.0271 e. The van der Waals surface area contributed by atoms with E-state index in [2.05, 4.69) is 33.4 Å². The first-order valence-corrected chi connectivity index (χ1v) is 8.43. The molecule has 114 valence electrons. The van der Waals surface area contributed by atoms with E-state index in [4.69, 9.17) is 0 Å². The molecule has 0 amide bonds. The average Bonchev–Trinajstić information content (AvgIpc) is 3.03. The van der Waals surface area contributed by atoms with Crippen molar-refractivity contribution in [2.45, 2.75) is 51.1 Å². The Labute approximate surface area is 128 Å². The summed E-state index contributed by atoms with van der Waals surface area (Å²) in [7, 11) is 0. The molecule has 0 radical (unpaired) electrons. The van der Waals surface area contributed by atoms with E-state index in [1.165, 1.54) is 63.7 Å². The van der Waals surface area contributed by atoms with Gasteiger partial charge in [-0.3, -0.25) is 9.88 Å². The number of aromatic nitrogens is 1. The van der Waals surface area contributed by atoms with E-state index in [0.717, 1.165) is 12.6 Å². The van der Waals surface area contributed by atoms with Gasteiger partial charge in [0.1, 0.15) is 0 Å². The summed E-state index contributed by atoms with van der Waals surface area (Å²) in [5.74, 6) is 0. The highest BCUT2D eigenvalue weighted by Crippen LogP contribution is 2.20. The van der Waals surface area contributed by atoms with Crippen LogP contribution in [0.3, 0.4) is 0 Å². The van der Waals surface area contributed by atoms with Crippen LogP contribution in [0.15, 0.2) is 36.2 Å². The van der Waals surface area contributed by atoms with E-state index in [-0.39, 0.29) is 0 Å². The molecule has 1 aromatic rings. The summed E-state index contributed by atoms with van der Waals surface area (Å²) in [5, 5.41) is 3.76. The molecule has 0 spiro atoms. The zero-order valence-corrected chi connectivity index (χ0v) is 12.9. The van der Waals surface area contributed by atoms with Crippen molar-refractivity contribution < 1.29 is 0 Å². The van der Waals surface area contributed by atoms with Crippen LogP contribution in [-0.4, -0.2) is 35.6 Å². The molecule has 3 nitrogen and oxygen atoms in total. The molecule has 21 heavy (non-hydrogen) atoms. The predicted molar refractivity (Wildman–Crippen MR) is 87.1 cm³/mol. The molecule has 0 saturated carbocycles. The number of nitrogens with one attached hydrogen (secondary N) is 1. The van der Waals surface area contributed by atoms with Gasteiger partial charge in [0.15, 0.2) is 0 Å². The maximum absolute atomic E-state index is 4.08. The van der Waals surface area contributed by atoms with Gasteiger partial charge in [-0.2, -0.15) is 0 Å². The Morgan fingerprint density at radius 1 is 1.19 bits per heavy atom. The van der Waals surface area contributed by atoms with Crippen LogP contribution in [0.5, 0.6) is 0 Å². The van der Waals surface area contributed by atoms with Crippen LogP contribution >= 0.6 is 0 Å². The standard InChI is InChI=1S/C18H27N3/c1-2-4-16(3-1)7-12-20-18-8-13-21(14-9-18)15-17-5-10-19-11-6-17/h3,5-6,10-11,18,20H,1-2,4,7-9,12-15H2. The Kier molecular flexibility index (Phi) is 5.41. The van der Waals surface area contributed by atoms with Gasteiger partial charge in [-0.05, 0) is 75.9 Å². The van der Waals surface area contributed by atoms with Crippen LogP contribution in [0, 0.1) is 0 Å². The molecule has 0 unspecified atom stereocenters. The van der Waals surface area contributed by atoms with Gasteiger partial charge in [0.2, 0.25) is 0 Å². The minimum absolute atomic E-state index is 0.723. The van der Waals surface area contributed by atoms with Crippen LogP contribution < -0.4 is 5.32 Å². The summed E-state index contributed by atoms with van der Waals surface area (Å²) in [6.45, 7) is 4.66. The van der Waals surface area contributed by atoms with E-state index >= 15 is 0 Å². The molecule has 1 aliphatic heterocycles. The van der Waals surface area contributed by atoms with Crippen LogP contribution in [0.4, 0.5) is 0 Å². The van der Waals surface area contributed by atoms with Crippen LogP contribution in [0.25, 0.3) is 0 Å². The van der Waals surface area contributed by atoms with Gasteiger partial charge in [-0.25, -0.2) is 0 Å². The SMILES string of the molecule is C1=C(CCNC2CCN(Cc3ccncc3)CC2)CCC1. The van der Waals surface area contributed by atoms with Crippen molar-refractivity contribution in [2.24, 2.45) is 0 Å². The second kappa shape index (κ2) is 7.71.